The second-order valence-electron chi connectivity index (χ2n) is 8.26. The summed E-state index contributed by atoms with van der Waals surface area (Å²) in [4.78, 5) is 2.39. The van der Waals surface area contributed by atoms with Gasteiger partial charge in [0.05, 0.1) is 13.2 Å². The molecule has 0 aliphatic heterocycles. The van der Waals surface area contributed by atoms with Gasteiger partial charge in [0.1, 0.15) is 5.75 Å². The van der Waals surface area contributed by atoms with Crippen LogP contribution in [0, 0.1) is 0 Å². The molecule has 3 heteroatoms. The van der Waals surface area contributed by atoms with Crippen molar-refractivity contribution in [1.82, 2.24) is 4.90 Å². The van der Waals surface area contributed by atoms with Gasteiger partial charge in [0.2, 0.25) is 0 Å². The van der Waals surface area contributed by atoms with Crippen LogP contribution in [0.3, 0.4) is 0 Å². The smallest absolute Gasteiger partial charge is 0.124 e. The predicted octanol–water partition coefficient (Wildman–Crippen LogP) is 4.54. The Hall–Kier alpha value is -1.06. The fourth-order valence-electron chi connectivity index (χ4n) is 2.86. The van der Waals surface area contributed by atoms with Crippen LogP contribution in [0.25, 0.3) is 0 Å². The highest BCUT2D eigenvalue weighted by Crippen LogP contribution is 2.33. The van der Waals surface area contributed by atoms with E-state index in [1.54, 1.807) is 7.11 Å². The van der Waals surface area contributed by atoms with Gasteiger partial charge in [-0.25, -0.2) is 0 Å². The van der Waals surface area contributed by atoms with Gasteiger partial charge < -0.3 is 9.84 Å². The van der Waals surface area contributed by atoms with Crippen molar-refractivity contribution in [2.75, 3.05) is 20.2 Å². The largest absolute Gasteiger partial charge is 0.496 e. The molecule has 132 valence electrons. The molecule has 1 N–H and O–H groups in total. The lowest BCUT2D eigenvalue weighted by atomic mass is 9.85. The maximum Gasteiger partial charge on any atom is 0.124 e. The van der Waals surface area contributed by atoms with Gasteiger partial charge in [-0.15, -0.1) is 0 Å². The summed E-state index contributed by atoms with van der Waals surface area (Å²) in [6.07, 6.45) is 0.193. The van der Waals surface area contributed by atoms with E-state index in [9.17, 15) is 5.11 Å². The highest BCUT2D eigenvalue weighted by Gasteiger charge is 2.23. The van der Waals surface area contributed by atoms with E-state index in [4.69, 9.17) is 4.74 Å². The van der Waals surface area contributed by atoms with Crippen LogP contribution < -0.4 is 4.74 Å². The highest BCUT2D eigenvalue weighted by molar-refractivity contribution is 5.41. The van der Waals surface area contributed by atoms with Crippen molar-refractivity contribution in [3.63, 3.8) is 0 Å². The van der Waals surface area contributed by atoms with Crippen molar-refractivity contribution in [3.8, 4) is 5.75 Å². The molecule has 0 amide bonds. The van der Waals surface area contributed by atoms with E-state index in [2.05, 4.69) is 65.5 Å². The maximum atomic E-state index is 10.7. The van der Waals surface area contributed by atoms with Gasteiger partial charge in [-0.05, 0) is 56.8 Å². The number of methoxy groups -OCH3 is 1. The Balaban J connectivity index is 2.96. The van der Waals surface area contributed by atoms with Crippen molar-refractivity contribution in [2.24, 2.45) is 0 Å². The zero-order valence-electron chi connectivity index (χ0n) is 16.2. The molecule has 0 bridgehead atoms. The Kier molecular flexibility index (Phi) is 6.67. The third kappa shape index (κ3) is 5.50. The van der Waals surface area contributed by atoms with E-state index in [1.165, 1.54) is 5.56 Å². The average Bonchev–Trinajstić information content (AvgIpc) is 2.44. The number of hydrogen-bond donors (Lipinski definition) is 1. The highest BCUT2D eigenvalue weighted by atomic mass is 16.5. The first-order valence-corrected chi connectivity index (χ1v) is 8.62. The molecular weight excluding hydrogens is 286 g/mol. The predicted molar refractivity (Wildman–Crippen MR) is 98.3 cm³/mol. The topological polar surface area (TPSA) is 32.7 Å². The molecular formula is C20H35NO2. The van der Waals surface area contributed by atoms with Gasteiger partial charge in [-0.1, -0.05) is 33.8 Å². The van der Waals surface area contributed by atoms with Crippen LogP contribution in [-0.4, -0.2) is 35.7 Å². The normalized spacial score (nSPS) is 14.2. The van der Waals surface area contributed by atoms with E-state index in [1.807, 2.05) is 6.07 Å². The number of ether oxygens (including phenoxy) is 1. The Morgan fingerprint density at radius 1 is 1.13 bits per heavy atom. The maximum absolute atomic E-state index is 10.7. The molecule has 0 fully saturated rings. The van der Waals surface area contributed by atoms with E-state index >= 15 is 0 Å². The lowest BCUT2D eigenvalue weighted by molar-refractivity contribution is 0.0984. The van der Waals surface area contributed by atoms with Gasteiger partial charge in [-0.2, -0.15) is 0 Å². The van der Waals surface area contributed by atoms with Gasteiger partial charge in [0, 0.05) is 17.6 Å². The van der Waals surface area contributed by atoms with E-state index in [-0.39, 0.29) is 11.0 Å². The van der Waals surface area contributed by atoms with Crippen LogP contribution in [-0.2, 0) is 5.41 Å². The molecule has 0 saturated carbocycles. The molecule has 0 spiro atoms. The van der Waals surface area contributed by atoms with E-state index < -0.39 is 6.10 Å². The van der Waals surface area contributed by atoms with Gasteiger partial charge in [0.15, 0.2) is 0 Å². The molecule has 23 heavy (non-hydrogen) atoms. The summed E-state index contributed by atoms with van der Waals surface area (Å²) >= 11 is 0. The number of benzene rings is 1. The quantitative estimate of drug-likeness (QED) is 0.835. The van der Waals surface area contributed by atoms with Crippen LogP contribution in [0.5, 0.6) is 5.75 Å². The summed E-state index contributed by atoms with van der Waals surface area (Å²) in [6, 6.07) is 6.15. The standard InChI is InChI=1S/C20H35NO2/c1-9-21(20(5,6)7)13-12-17(22)16-14-15(19(2,3)4)10-11-18(16)23-8/h10-11,14,17,22H,9,12-13H2,1-8H3. The molecule has 0 radical (unpaired) electrons. The lowest BCUT2D eigenvalue weighted by Crippen LogP contribution is -2.42. The van der Waals surface area contributed by atoms with Gasteiger partial charge in [0.25, 0.3) is 0 Å². The minimum atomic E-state index is -0.511. The van der Waals surface area contributed by atoms with Crippen LogP contribution >= 0.6 is 0 Å². The molecule has 1 aromatic rings. The van der Waals surface area contributed by atoms with Crippen molar-refractivity contribution >= 4 is 0 Å². The summed E-state index contributed by atoms with van der Waals surface area (Å²) < 4.78 is 5.46. The van der Waals surface area contributed by atoms with Crippen LogP contribution in [0.4, 0.5) is 0 Å². The van der Waals surface area contributed by atoms with Crippen molar-refractivity contribution < 1.29 is 9.84 Å². The summed E-state index contributed by atoms with van der Waals surface area (Å²) in [6.45, 7) is 17.2. The Bertz CT molecular complexity index is 497. The summed E-state index contributed by atoms with van der Waals surface area (Å²) in [5, 5.41) is 10.7. The number of aliphatic hydroxyl groups is 1. The number of hydrogen-bond acceptors (Lipinski definition) is 3. The number of aliphatic hydroxyl groups excluding tert-OH is 1. The molecule has 0 heterocycles. The average molecular weight is 322 g/mol. The molecule has 1 unspecified atom stereocenters. The number of rotatable bonds is 6. The van der Waals surface area contributed by atoms with Crippen molar-refractivity contribution in [2.45, 2.75) is 71.9 Å². The van der Waals surface area contributed by atoms with E-state index in [0.717, 1.165) is 24.4 Å². The van der Waals surface area contributed by atoms with Crippen LogP contribution in [0.15, 0.2) is 18.2 Å². The Labute approximate surface area is 142 Å². The molecule has 1 atom stereocenters. The second-order valence-corrected chi connectivity index (χ2v) is 8.26. The molecule has 0 aliphatic carbocycles. The SMILES string of the molecule is CCN(CCC(O)c1cc(C(C)(C)C)ccc1OC)C(C)(C)C. The fourth-order valence-corrected chi connectivity index (χ4v) is 2.86. The van der Waals surface area contributed by atoms with E-state index in [0.29, 0.717) is 6.42 Å². The summed E-state index contributed by atoms with van der Waals surface area (Å²) in [5.74, 6) is 0.768. The van der Waals surface area contributed by atoms with Crippen molar-refractivity contribution in [3.05, 3.63) is 29.3 Å². The van der Waals surface area contributed by atoms with Crippen LogP contribution in [0.2, 0.25) is 0 Å². The molecule has 1 rings (SSSR count). The summed E-state index contributed by atoms with van der Waals surface area (Å²) in [5.41, 5.74) is 2.29. The lowest BCUT2D eigenvalue weighted by Gasteiger charge is -2.35. The van der Waals surface area contributed by atoms with Crippen molar-refractivity contribution in [1.29, 1.82) is 0 Å². The first kappa shape index (κ1) is 20.0. The Morgan fingerprint density at radius 2 is 1.74 bits per heavy atom. The molecule has 0 aromatic heterocycles. The van der Waals surface area contributed by atoms with Gasteiger partial charge in [-0.3, -0.25) is 4.90 Å². The second kappa shape index (κ2) is 7.67. The third-order valence-corrected chi connectivity index (χ3v) is 4.46. The minimum absolute atomic E-state index is 0.0571. The zero-order chi connectivity index (χ0) is 17.8. The first-order valence-electron chi connectivity index (χ1n) is 8.62. The first-order chi connectivity index (χ1) is 10.5. The third-order valence-electron chi connectivity index (χ3n) is 4.46. The molecule has 3 nitrogen and oxygen atoms in total. The van der Waals surface area contributed by atoms with Gasteiger partial charge >= 0.3 is 0 Å². The molecule has 0 saturated heterocycles. The molecule has 0 aliphatic rings. The Morgan fingerprint density at radius 3 is 2.17 bits per heavy atom. The molecule has 1 aromatic carbocycles. The van der Waals surface area contributed by atoms with Crippen LogP contribution in [0.1, 0.15) is 72.1 Å². The number of nitrogens with zero attached hydrogens (tertiary/aromatic N) is 1. The minimum Gasteiger partial charge on any atom is -0.496 e. The monoisotopic (exact) mass is 321 g/mol. The fraction of sp³-hybridized carbons (Fsp3) is 0.700. The zero-order valence-corrected chi connectivity index (χ0v) is 16.2. The summed E-state index contributed by atoms with van der Waals surface area (Å²) in [7, 11) is 1.66.